The molecule has 0 spiro atoms. The Morgan fingerprint density at radius 3 is 2.64 bits per heavy atom. The molecule has 14 heavy (non-hydrogen) atoms. The number of benzene rings is 1. The predicted molar refractivity (Wildman–Crippen MR) is 54.2 cm³/mol. The number of nitrogens with two attached hydrogens (primary N) is 1. The molecule has 5 heteroatoms. The molecule has 0 aliphatic carbocycles. The van der Waals surface area contributed by atoms with Crippen molar-refractivity contribution >= 4 is 12.4 Å². The molecular formula is C9H13ClFNO2. The van der Waals surface area contributed by atoms with Crippen molar-refractivity contribution in [3.05, 3.63) is 29.6 Å². The van der Waals surface area contributed by atoms with E-state index in [1.54, 1.807) is 6.07 Å². The first-order valence-electron chi connectivity index (χ1n) is 3.89. The van der Waals surface area contributed by atoms with Crippen molar-refractivity contribution in [2.45, 2.75) is 6.04 Å². The van der Waals surface area contributed by atoms with E-state index < -0.39 is 11.9 Å². The fourth-order valence-corrected chi connectivity index (χ4v) is 1.02. The van der Waals surface area contributed by atoms with Crippen molar-refractivity contribution in [1.29, 1.82) is 0 Å². The number of rotatable bonds is 3. The molecule has 0 fully saturated rings. The number of aliphatic hydroxyl groups excluding tert-OH is 1. The summed E-state index contributed by atoms with van der Waals surface area (Å²) in [6.07, 6.45) is 0. The van der Waals surface area contributed by atoms with E-state index in [-0.39, 0.29) is 24.8 Å². The van der Waals surface area contributed by atoms with Crippen molar-refractivity contribution in [2.24, 2.45) is 5.73 Å². The Balaban J connectivity index is 0.00000169. The monoisotopic (exact) mass is 221 g/mol. The molecule has 3 N–H and O–H groups in total. The molecule has 0 aromatic heterocycles. The molecule has 0 radical (unpaired) electrons. The Bertz CT molecular complexity index is 296. The lowest BCUT2D eigenvalue weighted by atomic mass is 10.1. The number of halogens is 2. The maximum atomic E-state index is 13.1. The molecule has 0 saturated carbocycles. The van der Waals surface area contributed by atoms with Gasteiger partial charge in [-0.1, -0.05) is 6.07 Å². The first kappa shape index (κ1) is 13.2. The van der Waals surface area contributed by atoms with Gasteiger partial charge in [0.15, 0.2) is 11.6 Å². The zero-order valence-corrected chi connectivity index (χ0v) is 8.55. The van der Waals surface area contributed by atoms with Crippen LogP contribution in [0.4, 0.5) is 4.39 Å². The lowest BCUT2D eigenvalue weighted by Gasteiger charge is -2.09. The van der Waals surface area contributed by atoms with E-state index in [0.717, 1.165) is 0 Å². The van der Waals surface area contributed by atoms with Gasteiger partial charge in [0.1, 0.15) is 0 Å². The third-order valence-electron chi connectivity index (χ3n) is 1.80. The summed E-state index contributed by atoms with van der Waals surface area (Å²) in [5.41, 5.74) is 6.05. The van der Waals surface area contributed by atoms with Gasteiger partial charge in [-0.05, 0) is 17.7 Å². The molecule has 0 heterocycles. The van der Waals surface area contributed by atoms with E-state index in [4.69, 9.17) is 15.6 Å². The number of aliphatic hydroxyl groups is 1. The fourth-order valence-electron chi connectivity index (χ4n) is 1.02. The van der Waals surface area contributed by atoms with Crippen LogP contribution in [0, 0.1) is 5.82 Å². The Hall–Kier alpha value is -0.840. The minimum absolute atomic E-state index is 0. The average Bonchev–Trinajstić information content (AvgIpc) is 2.16. The summed E-state index contributed by atoms with van der Waals surface area (Å²) in [6, 6.07) is 3.84. The maximum Gasteiger partial charge on any atom is 0.165 e. The predicted octanol–water partition coefficient (Wildman–Crippen LogP) is 1.25. The van der Waals surface area contributed by atoms with Crippen molar-refractivity contribution < 1.29 is 14.2 Å². The standard InChI is InChI=1S/C9H12FNO2.ClH/c1-13-9-3-2-6(4-7(9)10)8(11)5-12;/h2-4,8,12H,5,11H2,1H3;1H. The highest BCUT2D eigenvalue weighted by atomic mass is 35.5. The number of hydrogen-bond acceptors (Lipinski definition) is 3. The summed E-state index contributed by atoms with van der Waals surface area (Å²) in [6.45, 7) is -0.203. The normalized spacial score (nSPS) is 11.7. The molecule has 0 amide bonds. The van der Waals surface area contributed by atoms with Crippen molar-refractivity contribution in [3.8, 4) is 5.75 Å². The first-order chi connectivity index (χ1) is 6.19. The van der Waals surface area contributed by atoms with Crippen LogP contribution >= 0.6 is 12.4 Å². The molecule has 1 aromatic rings. The summed E-state index contributed by atoms with van der Waals surface area (Å²) in [5, 5.41) is 8.73. The summed E-state index contributed by atoms with van der Waals surface area (Å²) in [5.74, 6) is -0.294. The Labute approximate surface area is 88.1 Å². The second kappa shape index (κ2) is 5.80. The molecule has 1 atom stereocenters. The van der Waals surface area contributed by atoms with Crippen LogP contribution in [0.2, 0.25) is 0 Å². The molecule has 1 aromatic carbocycles. The Morgan fingerprint density at radius 2 is 2.21 bits per heavy atom. The van der Waals surface area contributed by atoms with Crippen molar-refractivity contribution in [3.63, 3.8) is 0 Å². The van der Waals surface area contributed by atoms with Gasteiger partial charge >= 0.3 is 0 Å². The van der Waals surface area contributed by atoms with Crippen LogP contribution in [0.3, 0.4) is 0 Å². The Kier molecular flexibility index (Phi) is 5.45. The molecule has 0 aliphatic rings. The molecule has 0 bridgehead atoms. The quantitative estimate of drug-likeness (QED) is 0.808. The highest BCUT2D eigenvalue weighted by Crippen LogP contribution is 2.20. The molecule has 0 saturated heterocycles. The van der Waals surface area contributed by atoms with Gasteiger partial charge in [0, 0.05) is 0 Å². The van der Waals surface area contributed by atoms with Crippen LogP contribution in [-0.4, -0.2) is 18.8 Å². The molecule has 80 valence electrons. The van der Waals surface area contributed by atoms with Gasteiger partial charge in [0.05, 0.1) is 19.8 Å². The van der Waals surface area contributed by atoms with Gasteiger partial charge in [-0.15, -0.1) is 12.4 Å². The van der Waals surface area contributed by atoms with Crippen LogP contribution in [-0.2, 0) is 0 Å². The third-order valence-corrected chi connectivity index (χ3v) is 1.80. The van der Waals surface area contributed by atoms with E-state index in [1.165, 1.54) is 19.2 Å². The Morgan fingerprint density at radius 1 is 1.57 bits per heavy atom. The van der Waals surface area contributed by atoms with E-state index in [0.29, 0.717) is 5.56 Å². The smallest absolute Gasteiger partial charge is 0.165 e. The maximum absolute atomic E-state index is 13.1. The zero-order valence-electron chi connectivity index (χ0n) is 7.74. The summed E-state index contributed by atoms with van der Waals surface area (Å²) in [4.78, 5) is 0. The number of hydrogen-bond donors (Lipinski definition) is 2. The molecule has 3 nitrogen and oxygen atoms in total. The summed E-state index contributed by atoms with van der Waals surface area (Å²) >= 11 is 0. The van der Waals surface area contributed by atoms with Crippen molar-refractivity contribution in [2.75, 3.05) is 13.7 Å². The second-order valence-electron chi connectivity index (χ2n) is 2.68. The van der Waals surface area contributed by atoms with Crippen LogP contribution in [0.1, 0.15) is 11.6 Å². The minimum atomic E-state index is -0.541. The molecule has 1 unspecified atom stereocenters. The molecule has 1 rings (SSSR count). The van der Waals surface area contributed by atoms with Crippen LogP contribution in [0.5, 0.6) is 5.75 Å². The average molecular weight is 222 g/mol. The van der Waals surface area contributed by atoms with E-state index in [2.05, 4.69) is 0 Å². The summed E-state index contributed by atoms with van der Waals surface area (Å²) < 4.78 is 17.8. The number of ether oxygens (including phenoxy) is 1. The van der Waals surface area contributed by atoms with Gasteiger partial charge in [0.2, 0.25) is 0 Å². The second-order valence-corrected chi connectivity index (χ2v) is 2.68. The van der Waals surface area contributed by atoms with E-state index in [9.17, 15) is 4.39 Å². The summed E-state index contributed by atoms with van der Waals surface area (Å²) in [7, 11) is 1.39. The highest BCUT2D eigenvalue weighted by molar-refractivity contribution is 5.85. The lowest BCUT2D eigenvalue weighted by Crippen LogP contribution is -2.14. The topological polar surface area (TPSA) is 55.5 Å². The zero-order chi connectivity index (χ0) is 9.84. The van der Waals surface area contributed by atoms with Gasteiger partial charge < -0.3 is 15.6 Å². The lowest BCUT2D eigenvalue weighted by molar-refractivity contribution is 0.267. The highest BCUT2D eigenvalue weighted by Gasteiger charge is 2.08. The minimum Gasteiger partial charge on any atom is -0.494 e. The SMILES string of the molecule is COc1ccc(C(N)CO)cc1F.Cl. The van der Waals surface area contributed by atoms with Crippen LogP contribution < -0.4 is 10.5 Å². The van der Waals surface area contributed by atoms with Gasteiger partial charge in [0.25, 0.3) is 0 Å². The first-order valence-corrected chi connectivity index (χ1v) is 3.89. The largest absolute Gasteiger partial charge is 0.494 e. The van der Waals surface area contributed by atoms with Gasteiger partial charge in [-0.2, -0.15) is 0 Å². The van der Waals surface area contributed by atoms with Crippen molar-refractivity contribution in [1.82, 2.24) is 0 Å². The van der Waals surface area contributed by atoms with E-state index >= 15 is 0 Å². The molecular weight excluding hydrogens is 209 g/mol. The third kappa shape index (κ3) is 2.83. The fraction of sp³-hybridized carbons (Fsp3) is 0.333. The van der Waals surface area contributed by atoms with Crippen LogP contribution in [0.25, 0.3) is 0 Å². The molecule has 0 aliphatic heterocycles. The van der Waals surface area contributed by atoms with Gasteiger partial charge in [-0.3, -0.25) is 0 Å². The number of methoxy groups -OCH3 is 1. The van der Waals surface area contributed by atoms with Gasteiger partial charge in [-0.25, -0.2) is 4.39 Å². The van der Waals surface area contributed by atoms with E-state index in [1.807, 2.05) is 0 Å². The van der Waals surface area contributed by atoms with Crippen LogP contribution in [0.15, 0.2) is 18.2 Å².